The summed E-state index contributed by atoms with van der Waals surface area (Å²) >= 11 is 0. The van der Waals surface area contributed by atoms with Gasteiger partial charge in [0.05, 0.1) is 12.7 Å². The summed E-state index contributed by atoms with van der Waals surface area (Å²) in [6.07, 6.45) is -14.3. The monoisotopic (exact) mass is 326 g/mol. The summed E-state index contributed by atoms with van der Waals surface area (Å²) in [5, 5.41) is 67.6. The number of aliphatic hydroxyl groups is 7. The van der Waals surface area contributed by atoms with Crippen molar-refractivity contribution in [3.8, 4) is 0 Å². The Morgan fingerprint density at radius 1 is 0.818 bits per heavy atom. The SMILES string of the molecule is C[C@@H]1O[C@@H](O)[C@@H](O)[C@H](O[C@H]2O[C@H](CO)[C@@H](O)[C@H](O)[C@H]2O)[C@@H]1O. The fraction of sp³-hybridized carbons (Fsp3) is 1.00. The van der Waals surface area contributed by atoms with Gasteiger partial charge in [-0.15, -0.1) is 0 Å². The maximum Gasteiger partial charge on any atom is 0.187 e. The molecule has 0 amide bonds. The normalized spacial score (nSPS) is 53.5. The van der Waals surface area contributed by atoms with Gasteiger partial charge in [-0.1, -0.05) is 0 Å². The van der Waals surface area contributed by atoms with Crippen molar-refractivity contribution < 1.29 is 50.0 Å². The average molecular weight is 326 g/mol. The topological polar surface area (TPSA) is 169 Å². The molecular formula is C12H22O10. The highest BCUT2D eigenvalue weighted by molar-refractivity contribution is 4.92. The van der Waals surface area contributed by atoms with Crippen molar-refractivity contribution in [1.29, 1.82) is 0 Å². The van der Waals surface area contributed by atoms with Crippen LogP contribution in [-0.2, 0) is 14.2 Å². The second kappa shape index (κ2) is 7.01. The quantitative estimate of drug-likeness (QED) is 0.269. The molecule has 2 saturated heterocycles. The van der Waals surface area contributed by atoms with Crippen LogP contribution in [0.5, 0.6) is 0 Å². The maximum absolute atomic E-state index is 9.96. The Balaban J connectivity index is 2.10. The van der Waals surface area contributed by atoms with Gasteiger partial charge in [-0.25, -0.2) is 0 Å². The largest absolute Gasteiger partial charge is 0.394 e. The van der Waals surface area contributed by atoms with E-state index in [-0.39, 0.29) is 0 Å². The van der Waals surface area contributed by atoms with Gasteiger partial charge >= 0.3 is 0 Å². The second-order valence-corrected chi connectivity index (χ2v) is 5.51. The summed E-state index contributed by atoms with van der Waals surface area (Å²) < 4.78 is 15.3. The molecule has 0 bridgehead atoms. The molecule has 7 N–H and O–H groups in total. The van der Waals surface area contributed by atoms with Crippen molar-refractivity contribution in [2.75, 3.05) is 6.61 Å². The lowest BCUT2D eigenvalue weighted by Gasteiger charge is -2.44. The Labute approximate surface area is 126 Å². The van der Waals surface area contributed by atoms with Gasteiger partial charge in [-0.2, -0.15) is 0 Å². The number of hydrogen-bond donors (Lipinski definition) is 7. The fourth-order valence-corrected chi connectivity index (χ4v) is 2.51. The van der Waals surface area contributed by atoms with Gasteiger partial charge in [0.15, 0.2) is 12.6 Å². The Morgan fingerprint density at radius 3 is 2.05 bits per heavy atom. The van der Waals surface area contributed by atoms with E-state index >= 15 is 0 Å². The molecule has 22 heavy (non-hydrogen) atoms. The van der Waals surface area contributed by atoms with Gasteiger partial charge in [0.2, 0.25) is 0 Å². The van der Waals surface area contributed by atoms with Crippen molar-refractivity contribution >= 4 is 0 Å². The van der Waals surface area contributed by atoms with Crippen LogP contribution < -0.4 is 0 Å². The van der Waals surface area contributed by atoms with Crippen LogP contribution in [0.3, 0.4) is 0 Å². The van der Waals surface area contributed by atoms with Crippen molar-refractivity contribution in [1.82, 2.24) is 0 Å². The van der Waals surface area contributed by atoms with E-state index in [0.29, 0.717) is 0 Å². The molecule has 0 unspecified atom stereocenters. The summed E-state index contributed by atoms with van der Waals surface area (Å²) in [6.45, 7) is 0.812. The van der Waals surface area contributed by atoms with Gasteiger partial charge in [-0.3, -0.25) is 0 Å². The average Bonchev–Trinajstić information content (AvgIpc) is 2.49. The lowest BCUT2D eigenvalue weighted by atomic mass is 9.97. The maximum atomic E-state index is 9.96. The first-order valence-electron chi connectivity index (χ1n) is 6.93. The first kappa shape index (κ1) is 17.9. The molecule has 2 rings (SSSR count). The zero-order valence-corrected chi connectivity index (χ0v) is 11.8. The third-order valence-corrected chi connectivity index (χ3v) is 3.94. The molecule has 2 fully saturated rings. The number of ether oxygens (including phenoxy) is 3. The minimum Gasteiger partial charge on any atom is -0.394 e. The number of hydrogen-bond acceptors (Lipinski definition) is 10. The van der Waals surface area contributed by atoms with Crippen LogP contribution in [0.2, 0.25) is 0 Å². The molecular weight excluding hydrogens is 304 g/mol. The van der Waals surface area contributed by atoms with Crippen LogP contribution in [0.25, 0.3) is 0 Å². The zero-order chi connectivity index (χ0) is 16.6. The van der Waals surface area contributed by atoms with Gasteiger partial charge in [0.1, 0.15) is 42.7 Å². The van der Waals surface area contributed by atoms with Crippen LogP contribution in [0.1, 0.15) is 6.92 Å². The van der Waals surface area contributed by atoms with Crippen LogP contribution >= 0.6 is 0 Å². The molecule has 10 heteroatoms. The Hall–Kier alpha value is -0.400. The molecule has 2 aliphatic rings. The van der Waals surface area contributed by atoms with Crippen LogP contribution in [0.4, 0.5) is 0 Å². The van der Waals surface area contributed by atoms with E-state index in [4.69, 9.17) is 19.3 Å². The lowest BCUT2D eigenvalue weighted by molar-refractivity contribution is -0.353. The third-order valence-electron chi connectivity index (χ3n) is 3.94. The predicted molar refractivity (Wildman–Crippen MR) is 67.2 cm³/mol. The first-order valence-corrected chi connectivity index (χ1v) is 6.93. The van der Waals surface area contributed by atoms with E-state index in [1.54, 1.807) is 0 Å². The second-order valence-electron chi connectivity index (χ2n) is 5.51. The van der Waals surface area contributed by atoms with Crippen LogP contribution in [0.15, 0.2) is 0 Å². The van der Waals surface area contributed by atoms with E-state index in [0.717, 1.165) is 0 Å². The molecule has 0 aliphatic carbocycles. The molecule has 0 saturated carbocycles. The van der Waals surface area contributed by atoms with Crippen LogP contribution in [-0.4, -0.2) is 104 Å². The highest BCUT2D eigenvalue weighted by atomic mass is 16.7. The molecule has 0 aromatic rings. The third kappa shape index (κ3) is 3.26. The summed E-state index contributed by atoms with van der Waals surface area (Å²) in [5.74, 6) is 0. The first-order chi connectivity index (χ1) is 10.3. The van der Waals surface area contributed by atoms with E-state index in [2.05, 4.69) is 0 Å². The highest BCUT2D eigenvalue weighted by Gasteiger charge is 2.49. The highest BCUT2D eigenvalue weighted by Crippen LogP contribution is 2.28. The van der Waals surface area contributed by atoms with Crippen molar-refractivity contribution in [2.45, 2.75) is 68.3 Å². The molecule has 2 heterocycles. The minimum atomic E-state index is -1.67. The smallest absolute Gasteiger partial charge is 0.187 e. The Morgan fingerprint density at radius 2 is 1.45 bits per heavy atom. The van der Waals surface area contributed by atoms with Gasteiger partial charge < -0.3 is 50.0 Å². The zero-order valence-electron chi connectivity index (χ0n) is 11.8. The van der Waals surface area contributed by atoms with E-state index in [1.807, 2.05) is 0 Å². The molecule has 130 valence electrons. The Bertz CT molecular complexity index is 352. The Kier molecular flexibility index (Phi) is 5.72. The van der Waals surface area contributed by atoms with E-state index in [1.165, 1.54) is 6.92 Å². The summed E-state index contributed by atoms with van der Waals surface area (Å²) in [4.78, 5) is 0. The van der Waals surface area contributed by atoms with Crippen molar-refractivity contribution in [3.05, 3.63) is 0 Å². The molecule has 10 nitrogen and oxygen atoms in total. The summed E-state index contributed by atoms with van der Waals surface area (Å²) in [5.41, 5.74) is 0. The van der Waals surface area contributed by atoms with Gasteiger partial charge in [0, 0.05) is 0 Å². The fourth-order valence-electron chi connectivity index (χ4n) is 2.51. The van der Waals surface area contributed by atoms with Crippen molar-refractivity contribution in [2.24, 2.45) is 0 Å². The standard InChI is InChI=1S/C12H22O10/c1-3-5(14)10(9(18)11(19)20-3)22-12-8(17)7(16)6(15)4(2-13)21-12/h3-19H,2H2,1H3/t3-,4+,5+,6+,7-,8+,9-,10+,11+,12+/m0/s1. The summed E-state index contributed by atoms with van der Waals surface area (Å²) in [7, 11) is 0. The molecule has 2 aliphatic heterocycles. The van der Waals surface area contributed by atoms with Crippen LogP contribution in [0, 0.1) is 0 Å². The molecule has 0 radical (unpaired) electrons. The number of rotatable bonds is 3. The predicted octanol–water partition coefficient (Wildman–Crippen LogP) is -4.37. The van der Waals surface area contributed by atoms with Gasteiger partial charge in [0.25, 0.3) is 0 Å². The molecule has 0 spiro atoms. The van der Waals surface area contributed by atoms with E-state index in [9.17, 15) is 30.6 Å². The minimum absolute atomic E-state index is 0.636. The molecule has 10 atom stereocenters. The van der Waals surface area contributed by atoms with Gasteiger partial charge in [-0.05, 0) is 6.92 Å². The summed E-state index contributed by atoms with van der Waals surface area (Å²) in [6, 6.07) is 0. The van der Waals surface area contributed by atoms with Crippen molar-refractivity contribution in [3.63, 3.8) is 0 Å². The van der Waals surface area contributed by atoms with E-state index < -0.39 is 68.0 Å². The lowest BCUT2D eigenvalue weighted by Crippen LogP contribution is -2.63. The molecule has 0 aromatic carbocycles. The number of aliphatic hydroxyl groups excluding tert-OH is 7. The molecule has 0 aromatic heterocycles.